The van der Waals surface area contributed by atoms with Crippen LogP contribution in [0.25, 0.3) is 11.3 Å². The molecule has 16 heavy (non-hydrogen) atoms. The predicted octanol–water partition coefficient (Wildman–Crippen LogP) is 1.55. The molecule has 5 heteroatoms. The molecule has 0 amide bonds. The van der Waals surface area contributed by atoms with Crippen LogP contribution in [0.3, 0.4) is 0 Å². The predicted molar refractivity (Wildman–Crippen MR) is 57.8 cm³/mol. The maximum atomic E-state index is 9.50. The van der Waals surface area contributed by atoms with Gasteiger partial charge in [-0.25, -0.2) is 0 Å². The molecule has 2 N–H and O–H groups in total. The summed E-state index contributed by atoms with van der Waals surface area (Å²) in [7, 11) is 0. The first-order chi connectivity index (χ1) is 7.79. The van der Waals surface area contributed by atoms with Gasteiger partial charge in [-0.05, 0) is 24.3 Å². The van der Waals surface area contributed by atoms with Crippen molar-refractivity contribution in [3.8, 4) is 17.0 Å². The van der Waals surface area contributed by atoms with Gasteiger partial charge >= 0.3 is 0 Å². The van der Waals surface area contributed by atoms with E-state index in [-0.39, 0.29) is 12.2 Å². The number of phenolic OH excluding ortho intramolecular Hbond substituents is 1. The molecule has 1 aromatic carbocycles. The third-order valence-corrected chi connectivity index (χ3v) is 1.75. The van der Waals surface area contributed by atoms with Crippen LogP contribution in [-0.4, -0.2) is 26.9 Å². The van der Waals surface area contributed by atoms with Gasteiger partial charge in [-0.3, -0.25) is 4.79 Å². The molecule has 0 unspecified atom stereocenters. The van der Waals surface area contributed by atoms with Crippen LogP contribution in [0, 0.1) is 0 Å². The Morgan fingerprint density at radius 3 is 2.38 bits per heavy atom. The molecule has 0 radical (unpaired) electrons. The molecule has 82 valence electrons. The number of nitrogens with zero attached hydrogens (tertiary/aromatic N) is 2. The summed E-state index contributed by atoms with van der Waals surface area (Å²) in [6.07, 6.45) is 1.60. The highest BCUT2D eigenvalue weighted by molar-refractivity contribution is 5.65. The largest absolute Gasteiger partial charge is 0.507 e. The van der Waals surface area contributed by atoms with Crippen LogP contribution in [0.15, 0.2) is 42.6 Å². The van der Waals surface area contributed by atoms with Crippen molar-refractivity contribution in [2.45, 2.75) is 0 Å². The van der Waals surface area contributed by atoms with E-state index in [9.17, 15) is 5.11 Å². The summed E-state index contributed by atoms with van der Waals surface area (Å²) in [5.74, 6) is 0.225. The van der Waals surface area contributed by atoms with Crippen LogP contribution in [-0.2, 0) is 4.79 Å². The Balaban J connectivity index is 0.000000386. The van der Waals surface area contributed by atoms with Crippen molar-refractivity contribution in [3.63, 3.8) is 0 Å². The highest BCUT2D eigenvalue weighted by Gasteiger charge is 2.02. The summed E-state index contributed by atoms with van der Waals surface area (Å²) in [4.78, 5) is 8.36. The second-order valence-corrected chi connectivity index (χ2v) is 2.73. The lowest BCUT2D eigenvalue weighted by Crippen LogP contribution is -1.85. The van der Waals surface area contributed by atoms with Crippen LogP contribution in [0.4, 0.5) is 0 Å². The Kier molecular flexibility index (Phi) is 4.46. The standard InChI is InChI=1S/C10H8N2O.CH2O2/c13-10-6-2-1-4-8(10)9-5-3-7-11-12-9;2-1-3/h1-7,13H;1H,(H,2,3). The molecular formula is C11H10N2O3. The molecule has 0 fully saturated rings. The van der Waals surface area contributed by atoms with Gasteiger partial charge in [0.25, 0.3) is 6.47 Å². The zero-order valence-corrected chi connectivity index (χ0v) is 8.32. The number of carboxylic acid groups (broad SMARTS) is 1. The summed E-state index contributed by atoms with van der Waals surface area (Å²) >= 11 is 0. The van der Waals surface area contributed by atoms with E-state index in [2.05, 4.69) is 10.2 Å². The molecule has 2 rings (SSSR count). The minimum Gasteiger partial charge on any atom is -0.507 e. The number of phenols is 1. The van der Waals surface area contributed by atoms with Gasteiger partial charge in [-0.2, -0.15) is 10.2 Å². The van der Waals surface area contributed by atoms with E-state index in [4.69, 9.17) is 9.90 Å². The van der Waals surface area contributed by atoms with Crippen molar-refractivity contribution in [2.24, 2.45) is 0 Å². The number of rotatable bonds is 1. The SMILES string of the molecule is O=CO.Oc1ccccc1-c1cccnn1. The van der Waals surface area contributed by atoms with Gasteiger partial charge in [-0.15, -0.1) is 0 Å². The Morgan fingerprint density at radius 2 is 1.81 bits per heavy atom. The Labute approximate surface area is 92.0 Å². The molecule has 0 saturated heterocycles. The van der Waals surface area contributed by atoms with Crippen molar-refractivity contribution >= 4 is 6.47 Å². The van der Waals surface area contributed by atoms with Crippen LogP contribution in [0.1, 0.15) is 0 Å². The van der Waals surface area contributed by atoms with E-state index in [1.54, 1.807) is 30.5 Å². The number of carbonyl (C=O) groups is 1. The fourth-order valence-corrected chi connectivity index (χ4v) is 1.14. The molecule has 0 bridgehead atoms. The highest BCUT2D eigenvalue weighted by Crippen LogP contribution is 2.25. The highest BCUT2D eigenvalue weighted by atomic mass is 16.3. The van der Waals surface area contributed by atoms with Gasteiger partial charge in [0.2, 0.25) is 0 Å². The summed E-state index contributed by atoms with van der Waals surface area (Å²) in [6, 6.07) is 10.7. The monoisotopic (exact) mass is 218 g/mol. The second-order valence-electron chi connectivity index (χ2n) is 2.73. The van der Waals surface area contributed by atoms with Gasteiger partial charge in [0.05, 0.1) is 5.69 Å². The first-order valence-corrected chi connectivity index (χ1v) is 4.43. The summed E-state index contributed by atoms with van der Waals surface area (Å²) in [6.45, 7) is -0.250. The summed E-state index contributed by atoms with van der Waals surface area (Å²) in [5.41, 5.74) is 1.39. The fourth-order valence-electron chi connectivity index (χ4n) is 1.14. The van der Waals surface area contributed by atoms with Crippen LogP contribution < -0.4 is 0 Å². The summed E-state index contributed by atoms with van der Waals surface area (Å²) < 4.78 is 0. The zero-order chi connectivity index (χ0) is 11.8. The Morgan fingerprint density at radius 1 is 1.12 bits per heavy atom. The lowest BCUT2D eigenvalue weighted by molar-refractivity contribution is -0.122. The first kappa shape index (κ1) is 11.6. The summed E-state index contributed by atoms with van der Waals surface area (Å²) in [5, 5.41) is 24.0. The second kappa shape index (κ2) is 6.13. The van der Waals surface area contributed by atoms with Crippen molar-refractivity contribution in [1.82, 2.24) is 10.2 Å². The number of hydrogen-bond donors (Lipinski definition) is 2. The molecular weight excluding hydrogens is 208 g/mol. The van der Waals surface area contributed by atoms with Crippen LogP contribution in [0.2, 0.25) is 0 Å². The number of para-hydroxylation sites is 1. The van der Waals surface area contributed by atoms with Crippen molar-refractivity contribution in [2.75, 3.05) is 0 Å². The van der Waals surface area contributed by atoms with E-state index in [0.29, 0.717) is 11.3 Å². The Hall–Kier alpha value is -2.43. The molecule has 5 nitrogen and oxygen atoms in total. The molecule has 2 aromatic rings. The van der Waals surface area contributed by atoms with E-state index >= 15 is 0 Å². The van der Waals surface area contributed by atoms with E-state index in [1.807, 2.05) is 12.1 Å². The van der Waals surface area contributed by atoms with Crippen molar-refractivity contribution < 1.29 is 15.0 Å². The molecule has 0 aliphatic carbocycles. The smallest absolute Gasteiger partial charge is 0.290 e. The average Bonchev–Trinajstić information content (AvgIpc) is 2.32. The topological polar surface area (TPSA) is 83.3 Å². The molecule has 0 atom stereocenters. The minimum absolute atomic E-state index is 0.225. The lowest BCUT2D eigenvalue weighted by Gasteiger charge is -2.00. The van der Waals surface area contributed by atoms with Gasteiger partial charge in [0, 0.05) is 11.8 Å². The third kappa shape index (κ3) is 3.06. The van der Waals surface area contributed by atoms with Crippen LogP contribution >= 0.6 is 0 Å². The quantitative estimate of drug-likeness (QED) is 0.709. The Bertz CT molecular complexity index is 446. The third-order valence-electron chi connectivity index (χ3n) is 1.75. The molecule has 0 aliphatic heterocycles. The number of benzene rings is 1. The number of hydrogen-bond acceptors (Lipinski definition) is 4. The molecule has 1 aromatic heterocycles. The van der Waals surface area contributed by atoms with Gasteiger partial charge in [0.15, 0.2) is 0 Å². The minimum atomic E-state index is -0.250. The normalized spacial score (nSPS) is 8.75. The maximum absolute atomic E-state index is 9.50. The number of aromatic nitrogens is 2. The van der Waals surface area contributed by atoms with Crippen LogP contribution in [0.5, 0.6) is 5.75 Å². The van der Waals surface area contributed by atoms with E-state index in [1.165, 1.54) is 0 Å². The maximum Gasteiger partial charge on any atom is 0.290 e. The lowest BCUT2D eigenvalue weighted by atomic mass is 10.1. The molecule has 1 heterocycles. The zero-order valence-electron chi connectivity index (χ0n) is 8.32. The van der Waals surface area contributed by atoms with Crippen molar-refractivity contribution in [1.29, 1.82) is 0 Å². The van der Waals surface area contributed by atoms with Gasteiger partial charge in [-0.1, -0.05) is 12.1 Å². The molecule has 0 aliphatic rings. The number of aromatic hydroxyl groups is 1. The van der Waals surface area contributed by atoms with Gasteiger partial charge in [0.1, 0.15) is 5.75 Å². The van der Waals surface area contributed by atoms with Gasteiger partial charge < -0.3 is 10.2 Å². The average molecular weight is 218 g/mol. The molecule has 0 saturated carbocycles. The first-order valence-electron chi connectivity index (χ1n) is 4.43. The molecule has 0 spiro atoms. The van der Waals surface area contributed by atoms with E-state index < -0.39 is 0 Å². The fraction of sp³-hybridized carbons (Fsp3) is 0. The van der Waals surface area contributed by atoms with E-state index in [0.717, 1.165) is 0 Å². The van der Waals surface area contributed by atoms with Crippen molar-refractivity contribution in [3.05, 3.63) is 42.6 Å².